The minimum absolute atomic E-state index is 0. The van der Waals surface area contributed by atoms with Crippen LogP contribution in [0, 0.1) is 18.8 Å². The maximum Gasteiger partial charge on any atom is 0.222 e. The monoisotopic (exact) mass is 396 g/mol. The third-order valence-corrected chi connectivity index (χ3v) is 5.83. The van der Waals surface area contributed by atoms with Gasteiger partial charge in [-0.05, 0) is 42.7 Å². The zero-order valence-electron chi connectivity index (χ0n) is 16.6. The van der Waals surface area contributed by atoms with Gasteiger partial charge in [-0.1, -0.05) is 26.0 Å². The number of ether oxygens (including phenoxy) is 1. The Morgan fingerprint density at radius 3 is 2.59 bits per heavy atom. The van der Waals surface area contributed by atoms with Crippen LogP contribution < -0.4 is 5.73 Å². The Kier molecular flexibility index (Phi) is 7.55. The maximum atomic E-state index is 12.3. The highest BCUT2D eigenvalue weighted by atomic mass is 35.5. The van der Waals surface area contributed by atoms with E-state index in [0.29, 0.717) is 30.6 Å². The molecule has 2 aliphatic rings. The van der Waals surface area contributed by atoms with E-state index in [1.54, 1.807) is 0 Å². The van der Waals surface area contributed by atoms with Crippen molar-refractivity contribution in [3.05, 3.63) is 28.8 Å². The number of carbonyl (C=O) groups excluding carboxylic acids is 1. The largest absolute Gasteiger partial charge is 0.507 e. The molecule has 0 radical (unpaired) electrons. The predicted molar refractivity (Wildman–Crippen MR) is 109 cm³/mol. The van der Waals surface area contributed by atoms with Crippen molar-refractivity contribution in [2.45, 2.75) is 58.7 Å². The normalized spacial score (nSPS) is 23.1. The molecule has 6 heteroatoms. The van der Waals surface area contributed by atoms with Gasteiger partial charge in [-0.15, -0.1) is 12.4 Å². The van der Waals surface area contributed by atoms with E-state index in [9.17, 15) is 9.90 Å². The van der Waals surface area contributed by atoms with Crippen molar-refractivity contribution >= 4 is 18.3 Å². The first-order valence-electron chi connectivity index (χ1n) is 9.85. The van der Waals surface area contributed by atoms with Crippen molar-refractivity contribution in [2.24, 2.45) is 17.6 Å². The van der Waals surface area contributed by atoms with Crippen LogP contribution in [-0.2, 0) is 16.0 Å². The summed E-state index contributed by atoms with van der Waals surface area (Å²) in [7, 11) is 0. The van der Waals surface area contributed by atoms with Crippen molar-refractivity contribution < 1.29 is 14.6 Å². The maximum absolute atomic E-state index is 12.3. The van der Waals surface area contributed by atoms with Gasteiger partial charge in [0.25, 0.3) is 0 Å². The molecule has 5 nitrogen and oxygen atoms in total. The molecule has 1 aromatic rings. The Hall–Kier alpha value is -1.30. The van der Waals surface area contributed by atoms with Crippen LogP contribution >= 0.6 is 12.4 Å². The molecule has 152 valence electrons. The standard InChI is InChI=1S/C21H32N2O3.ClH/c1-13(2)10-20(24)23-8-6-15(7-9-23)18-11-17-16(19(12-22)26-18)5-4-14(3)21(17)25;/h4-5,13,15,18-19,25H,6-12,22H2,1-3H3;1H/t18-,19-;/m0./s1. The third kappa shape index (κ3) is 4.76. The molecule has 3 rings (SSSR count). The molecule has 2 aliphatic heterocycles. The number of aromatic hydroxyl groups is 1. The number of phenols is 1. The quantitative estimate of drug-likeness (QED) is 0.818. The fourth-order valence-corrected chi connectivity index (χ4v) is 4.28. The number of aryl methyl sites for hydroxylation is 1. The van der Waals surface area contributed by atoms with Gasteiger partial charge in [-0.3, -0.25) is 4.79 Å². The van der Waals surface area contributed by atoms with E-state index in [0.717, 1.165) is 49.0 Å². The van der Waals surface area contributed by atoms with E-state index in [4.69, 9.17) is 10.5 Å². The molecule has 0 aliphatic carbocycles. The van der Waals surface area contributed by atoms with Crippen molar-refractivity contribution in [3.63, 3.8) is 0 Å². The van der Waals surface area contributed by atoms with Crippen LogP contribution in [0.1, 0.15) is 55.9 Å². The molecule has 0 aromatic heterocycles. The number of benzene rings is 1. The van der Waals surface area contributed by atoms with Gasteiger partial charge in [0.05, 0.1) is 12.2 Å². The fourth-order valence-electron chi connectivity index (χ4n) is 4.28. The van der Waals surface area contributed by atoms with Gasteiger partial charge in [0.15, 0.2) is 0 Å². The number of amides is 1. The fraction of sp³-hybridized carbons (Fsp3) is 0.667. The average Bonchev–Trinajstić information content (AvgIpc) is 2.63. The van der Waals surface area contributed by atoms with Crippen LogP contribution in [0.25, 0.3) is 0 Å². The molecule has 0 spiro atoms. The topological polar surface area (TPSA) is 75.8 Å². The van der Waals surface area contributed by atoms with Crippen molar-refractivity contribution in [2.75, 3.05) is 19.6 Å². The molecule has 0 saturated carbocycles. The third-order valence-electron chi connectivity index (χ3n) is 5.83. The number of hydrogen-bond acceptors (Lipinski definition) is 4. The lowest BCUT2D eigenvalue weighted by atomic mass is 9.83. The minimum atomic E-state index is -0.157. The highest BCUT2D eigenvalue weighted by molar-refractivity contribution is 5.85. The number of nitrogens with zero attached hydrogens (tertiary/aromatic N) is 1. The van der Waals surface area contributed by atoms with Crippen LogP contribution in [-0.4, -0.2) is 41.7 Å². The van der Waals surface area contributed by atoms with Crippen LogP contribution in [0.2, 0.25) is 0 Å². The van der Waals surface area contributed by atoms with Gasteiger partial charge >= 0.3 is 0 Å². The second kappa shape index (κ2) is 9.26. The number of halogens is 1. The number of rotatable bonds is 4. The lowest BCUT2D eigenvalue weighted by Crippen LogP contribution is -2.44. The Bertz CT molecular complexity index is 657. The first-order chi connectivity index (χ1) is 12.4. The summed E-state index contributed by atoms with van der Waals surface area (Å²) in [5.41, 5.74) is 8.86. The Morgan fingerprint density at radius 1 is 1.33 bits per heavy atom. The highest BCUT2D eigenvalue weighted by Crippen LogP contribution is 2.40. The molecule has 0 unspecified atom stereocenters. The zero-order valence-corrected chi connectivity index (χ0v) is 17.4. The molecule has 1 aromatic carbocycles. The summed E-state index contributed by atoms with van der Waals surface area (Å²) < 4.78 is 6.32. The smallest absolute Gasteiger partial charge is 0.222 e. The Labute approximate surface area is 168 Å². The SMILES string of the molecule is Cc1ccc2c(c1O)C[C@@H](C1CCN(C(=O)CC(C)C)CC1)O[C@H]2CN.Cl. The predicted octanol–water partition coefficient (Wildman–Crippen LogP) is 3.35. The van der Waals surface area contributed by atoms with E-state index >= 15 is 0 Å². The van der Waals surface area contributed by atoms with Crippen LogP contribution in [0.5, 0.6) is 5.75 Å². The van der Waals surface area contributed by atoms with Crippen molar-refractivity contribution in [3.8, 4) is 5.75 Å². The summed E-state index contributed by atoms with van der Waals surface area (Å²) in [6.07, 6.45) is 3.16. The number of nitrogens with two attached hydrogens (primary N) is 1. The highest BCUT2D eigenvalue weighted by Gasteiger charge is 2.36. The summed E-state index contributed by atoms with van der Waals surface area (Å²) in [6, 6.07) is 3.96. The number of fused-ring (bicyclic) bond motifs is 1. The van der Waals surface area contributed by atoms with E-state index in [-0.39, 0.29) is 30.5 Å². The molecule has 2 atom stereocenters. The molecule has 2 heterocycles. The summed E-state index contributed by atoms with van der Waals surface area (Å²) in [5, 5.41) is 10.5. The number of phenolic OH excluding ortho intramolecular Hbond substituents is 1. The number of likely N-dealkylation sites (tertiary alicyclic amines) is 1. The number of carbonyl (C=O) groups is 1. The summed E-state index contributed by atoms with van der Waals surface area (Å²) in [5.74, 6) is 1.45. The van der Waals surface area contributed by atoms with Crippen molar-refractivity contribution in [1.29, 1.82) is 0 Å². The minimum Gasteiger partial charge on any atom is -0.507 e. The number of hydrogen-bond donors (Lipinski definition) is 2. The Balaban J connectivity index is 0.00000261. The van der Waals surface area contributed by atoms with Gasteiger partial charge in [0.1, 0.15) is 5.75 Å². The van der Waals surface area contributed by atoms with E-state index in [2.05, 4.69) is 13.8 Å². The number of piperidine rings is 1. The second-order valence-corrected chi connectivity index (χ2v) is 8.22. The van der Waals surface area contributed by atoms with E-state index < -0.39 is 0 Å². The molecule has 1 amide bonds. The van der Waals surface area contributed by atoms with Crippen molar-refractivity contribution in [1.82, 2.24) is 4.90 Å². The van der Waals surface area contributed by atoms with E-state index in [1.807, 2.05) is 24.0 Å². The first-order valence-corrected chi connectivity index (χ1v) is 9.85. The van der Waals surface area contributed by atoms with Crippen LogP contribution in [0.3, 0.4) is 0 Å². The zero-order chi connectivity index (χ0) is 18.8. The van der Waals surface area contributed by atoms with E-state index in [1.165, 1.54) is 0 Å². The molecule has 27 heavy (non-hydrogen) atoms. The molecular formula is C21H33ClN2O3. The molecule has 1 saturated heterocycles. The lowest BCUT2D eigenvalue weighted by molar-refractivity contribution is -0.135. The average molecular weight is 397 g/mol. The first kappa shape index (κ1) is 22.0. The summed E-state index contributed by atoms with van der Waals surface area (Å²) >= 11 is 0. The summed E-state index contributed by atoms with van der Waals surface area (Å²) in [4.78, 5) is 14.3. The molecule has 1 fully saturated rings. The Morgan fingerprint density at radius 2 is 2.00 bits per heavy atom. The molecule has 3 N–H and O–H groups in total. The molecular weight excluding hydrogens is 364 g/mol. The van der Waals surface area contributed by atoms with Gasteiger partial charge < -0.3 is 20.5 Å². The van der Waals surface area contributed by atoms with Gasteiger partial charge in [-0.2, -0.15) is 0 Å². The summed E-state index contributed by atoms with van der Waals surface area (Å²) in [6.45, 7) is 8.11. The molecule has 0 bridgehead atoms. The lowest BCUT2D eigenvalue weighted by Gasteiger charge is -2.40. The van der Waals surface area contributed by atoms with Gasteiger partial charge in [0.2, 0.25) is 5.91 Å². The van der Waals surface area contributed by atoms with Crippen LogP contribution in [0.15, 0.2) is 12.1 Å². The van der Waals surface area contributed by atoms with Gasteiger partial charge in [-0.25, -0.2) is 0 Å². The van der Waals surface area contributed by atoms with Gasteiger partial charge in [0, 0.05) is 38.0 Å². The van der Waals surface area contributed by atoms with Crippen LogP contribution in [0.4, 0.5) is 0 Å². The second-order valence-electron chi connectivity index (χ2n) is 8.22.